The second-order valence-electron chi connectivity index (χ2n) is 13.6. The Kier molecular flexibility index (Phi) is 13.4. The summed E-state index contributed by atoms with van der Waals surface area (Å²) in [6.45, 7) is 9.43. The molecule has 0 bridgehead atoms. The summed E-state index contributed by atoms with van der Waals surface area (Å²) in [6.07, 6.45) is 11.5. The zero-order valence-electron chi connectivity index (χ0n) is 29.3. The Morgan fingerprint density at radius 2 is 1.94 bits per heavy atom. The van der Waals surface area contributed by atoms with Crippen molar-refractivity contribution >= 4 is 11.8 Å². The van der Waals surface area contributed by atoms with Crippen LogP contribution in [0.2, 0.25) is 0 Å². The second kappa shape index (κ2) is 17.7. The molecule has 2 aliphatic carbocycles. The number of aliphatic hydroxyl groups excluding tert-OH is 2. The van der Waals surface area contributed by atoms with Crippen LogP contribution >= 0.6 is 0 Å². The summed E-state index contributed by atoms with van der Waals surface area (Å²) in [5, 5.41) is 35.1. The third kappa shape index (κ3) is 8.11. The Bertz CT molecular complexity index is 1310. The molecule has 1 saturated heterocycles. The van der Waals surface area contributed by atoms with Crippen molar-refractivity contribution in [3.63, 3.8) is 0 Å². The largest absolute Gasteiger partial charge is 0.508 e. The fraction of sp³-hybridized carbons (Fsp3) is 0.684. The van der Waals surface area contributed by atoms with Crippen molar-refractivity contribution in [2.75, 3.05) is 39.6 Å². The SMILES string of the molecule is C=CCO[C@@]12Oc3ccc(O)cc3[C@H]3[C@H](CCCCO)[C@@H](CCCCO)C=C(C(=NOC4CCCCO4)C[C@@H]1N(CCC)C(=O)OCC)[C@H]32. The number of hydrogen-bond acceptors (Lipinski definition) is 10. The Hall–Kier alpha value is -3.12. The van der Waals surface area contributed by atoms with Crippen LogP contribution < -0.4 is 4.74 Å². The Labute approximate surface area is 290 Å². The lowest BCUT2D eigenvalue weighted by molar-refractivity contribution is -0.255. The molecule has 11 nitrogen and oxygen atoms in total. The zero-order chi connectivity index (χ0) is 34.8. The predicted molar refractivity (Wildman–Crippen MR) is 185 cm³/mol. The average Bonchev–Trinajstić information content (AvgIpc) is 3.11. The number of rotatable bonds is 17. The summed E-state index contributed by atoms with van der Waals surface area (Å²) in [5.74, 6) is -1.04. The highest BCUT2D eigenvalue weighted by Gasteiger charge is 2.65. The molecule has 0 spiro atoms. The molecule has 1 aromatic rings. The molecule has 3 N–H and O–H groups in total. The normalized spacial score (nSPS) is 29.6. The number of carbonyl (C=O) groups is 1. The number of nitrogens with zero attached hydrogens (tertiary/aromatic N) is 2. The van der Waals surface area contributed by atoms with Gasteiger partial charge < -0.3 is 39.1 Å². The zero-order valence-corrected chi connectivity index (χ0v) is 29.3. The molecule has 1 saturated carbocycles. The van der Waals surface area contributed by atoms with E-state index in [9.17, 15) is 20.1 Å². The first kappa shape index (κ1) is 37.1. The predicted octanol–water partition coefficient (Wildman–Crippen LogP) is 6.42. The topological polar surface area (TPSA) is 140 Å². The number of allylic oxidation sites excluding steroid dienone is 1. The number of aromatic hydroxyl groups is 1. The van der Waals surface area contributed by atoms with Gasteiger partial charge in [0.05, 0.1) is 31.5 Å². The van der Waals surface area contributed by atoms with Gasteiger partial charge in [-0.1, -0.05) is 37.1 Å². The lowest BCUT2D eigenvalue weighted by Crippen LogP contribution is -2.70. The summed E-state index contributed by atoms with van der Waals surface area (Å²) in [4.78, 5) is 21.7. The molecular formula is C38H56N2O9. The lowest BCUT2D eigenvalue weighted by Gasteiger charge is -2.59. The fourth-order valence-corrected chi connectivity index (χ4v) is 8.40. The van der Waals surface area contributed by atoms with Gasteiger partial charge in [-0.25, -0.2) is 4.79 Å². The first-order chi connectivity index (χ1) is 23.9. The average molecular weight is 685 g/mol. The molecule has 11 heteroatoms. The van der Waals surface area contributed by atoms with Crippen molar-refractivity contribution < 1.29 is 43.9 Å². The molecule has 1 aromatic carbocycles. The van der Waals surface area contributed by atoms with Gasteiger partial charge in [0.1, 0.15) is 17.5 Å². The van der Waals surface area contributed by atoms with Gasteiger partial charge in [-0.3, -0.25) is 4.90 Å². The molecule has 0 aromatic heterocycles. The van der Waals surface area contributed by atoms with Crippen LogP contribution in [0.5, 0.6) is 11.5 Å². The summed E-state index contributed by atoms with van der Waals surface area (Å²) >= 11 is 0. The molecular weight excluding hydrogens is 628 g/mol. The highest BCUT2D eigenvalue weighted by atomic mass is 16.8. The van der Waals surface area contributed by atoms with Crippen LogP contribution in [0, 0.1) is 17.8 Å². The molecule has 4 aliphatic rings. The number of amides is 1. The first-order valence-corrected chi connectivity index (χ1v) is 18.4. The quantitative estimate of drug-likeness (QED) is 0.0964. The molecule has 2 heterocycles. The van der Waals surface area contributed by atoms with E-state index in [1.54, 1.807) is 36.1 Å². The number of phenolic OH excluding ortho intramolecular Hbond substituents is 1. The van der Waals surface area contributed by atoms with Crippen molar-refractivity contribution in [1.29, 1.82) is 0 Å². The molecule has 1 amide bonds. The number of unbranched alkanes of at least 4 members (excludes halogenated alkanes) is 2. The van der Waals surface area contributed by atoms with E-state index >= 15 is 0 Å². The van der Waals surface area contributed by atoms with Crippen LogP contribution in [0.4, 0.5) is 4.79 Å². The highest BCUT2D eigenvalue weighted by Crippen LogP contribution is 2.61. The van der Waals surface area contributed by atoms with Gasteiger partial charge in [0, 0.05) is 44.1 Å². The van der Waals surface area contributed by atoms with Gasteiger partial charge in [0.2, 0.25) is 12.1 Å². The molecule has 7 atom stereocenters. The molecule has 0 radical (unpaired) electrons. The summed E-state index contributed by atoms with van der Waals surface area (Å²) in [7, 11) is 0. The van der Waals surface area contributed by atoms with Gasteiger partial charge in [0.15, 0.2) is 0 Å². The minimum absolute atomic E-state index is 0.0833. The standard InChI is InChI=1S/C38H56N2O9/c1-4-18-40(37(44)45-6-3)33-25-31(39-49-34-15-9-12-22-46-34)29-23-26(13-7-10-19-41)28(14-8-11-20-42)35-30-24-27(43)16-17-32(30)48-38(33,36(29)35)47-21-5-2/h5,16-17,23-24,26,28,33-36,41-43H,2,4,6-15,18-22,25H2,1,3H3/t26-,28+,33-,34?,35+,36+,38+/m0/s1. The third-order valence-corrected chi connectivity index (χ3v) is 10.4. The maximum absolute atomic E-state index is 13.8. The Morgan fingerprint density at radius 3 is 2.63 bits per heavy atom. The van der Waals surface area contributed by atoms with Crippen molar-refractivity contribution in [2.24, 2.45) is 22.9 Å². The van der Waals surface area contributed by atoms with Gasteiger partial charge in [0.25, 0.3) is 0 Å². The maximum atomic E-state index is 13.8. The van der Waals surface area contributed by atoms with Crippen LogP contribution in [0.15, 0.2) is 47.7 Å². The molecule has 1 unspecified atom stereocenters. The molecule has 272 valence electrons. The Morgan fingerprint density at radius 1 is 1.14 bits per heavy atom. The summed E-state index contributed by atoms with van der Waals surface area (Å²) < 4.78 is 25.5. The number of aliphatic hydroxyl groups is 2. The minimum atomic E-state index is -1.34. The van der Waals surface area contributed by atoms with Gasteiger partial charge in [-0.15, -0.1) is 6.58 Å². The van der Waals surface area contributed by atoms with E-state index in [0.29, 0.717) is 50.3 Å². The van der Waals surface area contributed by atoms with E-state index in [4.69, 9.17) is 28.9 Å². The number of hydrogen-bond donors (Lipinski definition) is 3. The van der Waals surface area contributed by atoms with Crippen LogP contribution in [0.25, 0.3) is 0 Å². The summed E-state index contributed by atoms with van der Waals surface area (Å²) in [6, 6.07) is 4.57. The van der Waals surface area contributed by atoms with E-state index < -0.39 is 30.1 Å². The fourth-order valence-electron chi connectivity index (χ4n) is 8.40. The highest BCUT2D eigenvalue weighted by molar-refractivity contribution is 6.02. The molecule has 2 fully saturated rings. The van der Waals surface area contributed by atoms with Crippen LogP contribution in [-0.2, 0) is 19.0 Å². The number of carbonyl (C=O) groups excluding carboxylic acids is 1. The molecule has 49 heavy (non-hydrogen) atoms. The number of phenols is 1. The van der Waals surface area contributed by atoms with Crippen molar-refractivity contribution in [3.8, 4) is 11.5 Å². The number of fused-ring (bicyclic) bond motifs is 2. The van der Waals surface area contributed by atoms with E-state index in [2.05, 4.69) is 12.7 Å². The van der Waals surface area contributed by atoms with E-state index in [1.807, 2.05) is 6.92 Å². The minimum Gasteiger partial charge on any atom is -0.508 e. The summed E-state index contributed by atoms with van der Waals surface area (Å²) in [5.41, 5.74) is 2.54. The van der Waals surface area contributed by atoms with Crippen LogP contribution in [-0.4, -0.2) is 89.7 Å². The van der Waals surface area contributed by atoms with Gasteiger partial charge in [-0.2, -0.15) is 0 Å². The van der Waals surface area contributed by atoms with Crippen LogP contribution in [0.1, 0.15) is 96.0 Å². The van der Waals surface area contributed by atoms with E-state index in [0.717, 1.165) is 56.1 Å². The number of oxime groups is 1. The van der Waals surface area contributed by atoms with Crippen molar-refractivity contribution in [1.82, 2.24) is 4.90 Å². The van der Waals surface area contributed by atoms with Crippen molar-refractivity contribution in [2.45, 2.75) is 109 Å². The number of benzene rings is 1. The van der Waals surface area contributed by atoms with Crippen LogP contribution in [0.3, 0.4) is 0 Å². The Balaban J connectivity index is 1.75. The molecule has 5 rings (SSSR count). The van der Waals surface area contributed by atoms with E-state index in [-0.39, 0.29) is 49.9 Å². The third-order valence-electron chi connectivity index (χ3n) is 10.4. The first-order valence-electron chi connectivity index (χ1n) is 18.4. The van der Waals surface area contributed by atoms with Crippen molar-refractivity contribution in [3.05, 3.63) is 48.1 Å². The van der Waals surface area contributed by atoms with Gasteiger partial charge >= 0.3 is 6.09 Å². The van der Waals surface area contributed by atoms with Gasteiger partial charge in [-0.05, 0) is 87.5 Å². The van der Waals surface area contributed by atoms with E-state index in [1.165, 1.54) is 0 Å². The monoisotopic (exact) mass is 684 g/mol. The maximum Gasteiger partial charge on any atom is 0.410 e. The second-order valence-corrected chi connectivity index (χ2v) is 13.6. The lowest BCUT2D eigenvalue weighted by atomic mass is 9.55. The smallest absolute Gasteiger partial charge is 0.410 e. The number of ether oxygens (including phenoxy) is 4. The molecule has 2 aliphatic heterocycles.